The number of halogens is 4. The summed E-state index contributed by atoms with van der Waals surface area (Å²) in [5, 5.41) is -0.685. The Morgan fingerprint density at radius 1 is 1.33 bits per heavy atom. The lowest BCUT2D eigenvalue weighted by Crippen LogP contribution is -2.13. The van der Waals surface area contributed by atoms with Gasteiger partial charge in [0.1, 0.15) is 12.2 Å². The third kappa shape index (κ3) is 2.91. The first-order valence-electron chi connectivity index (χ1n) is 7.29. The Labute approximate surface area is 143 Å². The molecule has 0 bridgehead atoms. The van der Waals surface area contributed by atoms with Gasteiger partial charge in [-0.1, -0.05) is 43.5 Å². The number of benzene rings is 1. The van der Waals surface area contributed by atoms with Crippen molar-refractivity contribution in [3.63, 3.8) is 0 Å². The molecule has 0 unspecified atom stereocenters. The summed E-state index contributed by atoms with van der Waals surface area (Å²) in [7, 11) is 0. The van der Waals surface area contributed by atoms with Crippen LogP contribution in [0.2, 0.25) is 5.02 Å². The molecule has 1 aromatic rings. The molecule has 1 saturated carbocycles. The molecule has 0 amide bonds. The highest BCUT2D eigenvalue weighted by atomic mass is 35.5. The third-order valence-electron chi connectivity index (χ3n) is 4.42. The quantitative estimate of drug-likeness (QED) is 0.340. The SMILES string of the molecule is C#Cc1c(F)c(F)c(COC(=O)[C@@H]2[C@@H](/C=C\C)C2(C)C)c(Cl)c1F. The number of esters is 1. The third-order valence-corrected chi connectivity index (χ3v) is 4.82. The molecule has 2 atom stereocenters. The van der Waals surface area contributed by atoms with E-state index in [1.54, 1.807) is 5.92 Å². The predicted molar refractivity (Wildman–Crippen MR) is 84.6 cm³/mol. The highest BCUT2D eigenvalue weighted by molar-refractivity contribution is 6.31. The van der Waals surface area contributed by atoms with E-state index in [1.165, 1.54) is 0 Å². The largest absolute Gasteiger partial charge is 0.460 e. The van der Waals surface area contributed by atoms with Crippen LogP contribution in [0, 0.1) is 47.0 Å². The van der Waals surface area contributed by atoms with Crippen molar-refractivity contribution in [1.29, 1.82) is 0 Å². The van der Waals surface area contributed by atoms with Crippen molar-refractivity contribution in [3.05, 3.63) is 45.8 Å². The Hall–Kier alpha value is -1.93. The first-order chi connectivity index (χ1) is 11.2. The van der Waals surface area contributed by atoms with Crippen LogP contribution in [0.3, 0.4) is 0 Å². The second-order valence-electron chi connectivity index (χ2n) is 6.21. The van der Waals surface area contributed by atoms with Crippen LogP contribution in [0.4, 0.5) is 13.2 Å². The second-order valence-corrected chi connectivity index (χ2v) is 6.59. The van der Waals surface area contributed by atoms with Crippen LogP contribution < -0.4 is 0 Å². The predicted octanol–water partition coefficient (Wildman–Crippen LogP) is 4.63. The molecular formula is C18H16ClF3O2. The Balaban J connectivity index is 2.20. The van der Waals surface area contributed by atoms with Crippen molar-refractivity contribution in [2.75, 3.05) is 0 Å². The molecule has 6 heteroatoms. The lowest BCUT2D eigenvalue weighted by molar-refractivity contribution is -0.147. The zero-order valence-electron chi connectivity index (χ0n) is 13.4. The fourth-order valence-electron chi connectivity index (χ4n) is 2.86. The summed E-state index contributed by atoms with van der Waals surface area (Å²) in [6, 6.07) is 0. The van der Waals surface area contributed by atoms with Crippen molar-refractivity contribution < 1.29 is 22.7 Å². The van der Waals surface area contributed by atoms with Crippen molar-refractivity contribution in [2.24, 2.45) is 17.3 Å². The van der Waals surface area contributed by atoms with Gasteiger partial charge in [0, 0.05) is 5.56 Å². The molecule has 2 nitrogen and oxygen atoms in total. The van der Waals surface area contributed by atoms with E-state index in [-0.39, 0.29) is 11.3 Å². The fraction of sp³-hybridized carbons (Fsp3) is 0.389. The van der Waals surface area contributed by atoms with Gasteiger partial charge in [-0.2, -0.15) is 0 Å². The maximum atomic E-state index is 14.0. The average molecular weight is 357 g/mol. The Bertz CT molecular complexity index is 734. The summed E-state index contributed by atoms with van der Waals surface area (Å²) in [6.45, 7) is 4.97. The molecule has 1 aromatic carbocycles. The number of allylic oxidation sites excluding steroid dienone is 2. The summed E-state index contributed by atoms with van der Waals surface area (Å²) >= 11 is 5.69. The van der Waals surface area contributed by atoms with Gasteiger partial charge in [0.25, 0.3) is 0 Å². The van der Waals surface area contributed by atoms with E-state index >= 15 is 0 Å². The molecule has 1 fully saturated rings. The molecule has 0 heterocycles. The van der Waals surface area contributed by atoms with Gasteiger partial charge in [-0.25, -0.2) is 13.2 Å². The minimum Gasteiger partial charge on any atom is -0.460 e. The molecule has 0 radical (unpaired) electrons. The molecule has 1 aliphatic carbocycles. The minimum atomic E-state index is -1.52. The molecule has 1 aliphatic rings. The van der Waals surface area contributed by atoms with E-state index in [1.807, 2.05) is 32.9 Å². The van der Waals surface area contributed by atoms with Gasteiger partial charge < -0.3 is 4.74 Å². The van der Waals surface area contributed by atoms with Crippen LogP contribution in [0.1, 0.15) is 31.9 Å². The van der Waals surface area contributed by atoms with Crippen molar-refractivity contribution >= 4 is 17.6 Å². The zero-order chi connectivity index (χ0) is 18.2. The lowest BCUT2D eigenvalue weighted by atomic mass is 10.1. The number of carbonyl (C=O) groups is 1. The number of terminal acetylenes is 1. The smallest absolute Gasteiger partial charge is 0.310 e. The van der Waals surface area contributed by atoms with Crippen LogP contribution in [0.5, 0.6) is 0 Å². The van der Waals surface area contributed by atoms with Crippen molar-refractivity contribution in [2.45, 2.75) is 27.4 Å². The number of hydrogen-bond donors (Lipinski definition) is 0. The number of hydrogen-bond acceptors (Lipinski definition) is 2. The van der Waals surface area contributed by atoms with E-state index in [0.29, 0.717) is 0 Å². The van der Waals surface area contributed by atoms with E-state index in [9.17, 15) is 18.0 Å². The Kier molecular flexibility index (Phi) is 5.00. The van der Waals surface area contributed by atoms with Crippen LogP contribution in [-0.4, -0.2) is 5.97 Å². The summed E-state index contributed by atoms with van der Waals surface area (Å²) in [5.74, 6) is -3.44. The molecular weight excluding hydrogens is 341 g/mol. The molecule has 128 valence electrons. The van der Waals surface area contributed by atoms with E-state index in [4.69, 9.17) is 22.8 Å². The molecule has 0 aromatic heterocycles. The Morgan fingerprint density at radius 2 is 1.96 bits per heavy atom. The topological polar surface area (TPSA) is 26.3 Å². The Morgan fingerprint density at radius 3 is 2.50 bits per heavy atom. The molecule has 0 spiro atoms. The normalized spacial score (nSPS) is 21.6. The van der Waals surface area contributed by atoms with Gasteiger partial charge in [0.2, 0.25) is 0 Å². The van der Waals surface area contributed by atoms with Crippen molar-refractivity contribution in [1.82, 2.24) is 0 Å². The highest BCUT2D eigenvalue weighted by Gasteiger charge is 2.61. The van der Waals surface area contributed by atoms with Gasteiger partial charge >= 0.3 is 5.97 Å². The van der Waals surface area contributed by atoms with E-state index in [0.717, 1.165) is 0 Å². The molecule has 2 rings (SSSR count). The van der Waals surface area contributed by atoms with Crippen LogP contribution in [0.25, 0.3) is 0 Å². The average Bonchev–Trinajstić information content (AvgIpc) is 3.07. The lowest BCUT2D eigenvalue weighted by Gasteiger charge is -2.11. The minimum absolute atomic E-state index is 0.00704. The number of carbonyl (C=O) groups excluding carboxylic acids is 1. The summed E-state index contributed by atoms with van der Waals surface area (Å²) in [4.78, 5) is 12.2. The molecule has 0 N–H and O–H groups in total. The van der Waals surface area contributed by atoms with Crippen LogP contribution in [-0.2, 0) is 16.1 Å². The number of rotatable bonds is 4. The fourth-order valence-corrected chi connectivity index (χ4v) is 3.09. The van der Waals surface area contributed by atoms with Gasteiger partial charge in [-0.3, -0.25) is 4.79 Å². The summed E-state index contributed by atoms with van der Waals surface area (Å²) < 4.78 is 46.6. The van der Waals surface area contributed by atoms with Crippen LogP contribution in [0.15, 0.2) is 12.2 Å². The number of ether oxygens (including phenoxy) is 1. The standard InChI is InChI=1S/C18H16ClF3O2/c1-5-7-11-12(18(11,3)4)17(23)24-8-10-13(19)14(20)9(6-2)15(21)16(10)22/h2,5,7,11-12H,8H2,1,3-4H3/b7-5-/t11-,12+/m1/s1. The van der Waals surface area contributed by atoms with Gasteiger partial charge in [0.05, 0.1) is 10.9 Å². The van der Waals surface area contributed by atoms with Crippen molar-refractivity contribution in [3.8, 4) is 12.3 Å². The first kappa shape index (κ1) is 18.4. The zero-order valence-corrected chi connectivity index (χ0v) is 14.2. The maximum Gasteiger partial charge on any atom is 0.310 e. The van der Waals surface area contributed by atoms with E-state index < -0.39 is 52.1 Å². The summed E-state index contributed by atoms with van der Waals surface area (Å²) in [5.41, 5.74) is -1.74. The second kappa shape index (κ2) is 6.52. The van der Waals surface area contributed by atoms with Gasteiger partial charge in [0.15, 0.2) is 17.5 Å². The monoisotopic (exact) mass is 356 g/mol. The molecule has 24 heavy (non-hydrogen) atoms. The highest BCUT2D eigenvalue weighted by Crippen LogP contribution is 2.59. The summed E-state index contributed by atoms with van der Waals surface area (Å²) in [6.07, 6.45) is 8.66. The molecule has 0 saturated heterocycles. The first-order valence-corrected chi connectivity index (χ1v) is 7.67. The molecule has 0 aliphatic heterocycles. The van der Waals surface area contributed by atoms with Gasteiger partial charge in [-0.15, -0.1) is 6.42 Å². The maximum absolute atomic E-state index is 14.0. The van der Waals surface area contributed by atoms with Crippen LogP contribution >= 0.6 is 11.6 Å². The van der Waals surface area contributed by atoms with Gasteiger partial charge in [-0.05, 0) is 18.3 Å². The van der Waals surface area contributed by atoms with E-state index in [2.05, 4.69) is 0 Å².